The van der Waals surface area contributed by atoms with Crippen LogP contribution in [0, 0.1) is 0 Å². The average molecular weight is 1780 g/mol. The van der Waals surface area contributed by atoms with Crippen molar-refractivity contribution in [1.82, 2.24) is 43.6 Å². The number of aromatic nitrogens is 9. The van der Waals surface area contributed by atoms with Crippen molar-refractivity contribution in [3.05, 3.63) is 371 Å². The lowest BCUT2D eigenvalue weighted by Crippen LogP contribution is -1.96. The Labute approximate surface area is 766 Å². The maximum absolute atomic E-state index is 4.92. The highest BCUT2D eigenvalue weighted by Crippen LogP contribution is 2.57. The van der Waals surface area contributed by atoms with Gasteiger partial charge in [0.2, 0.25) is 0 Å². The molecule has 0 aliphatic carbocycles. The molecule has 13 aromatic heterocycles. The molecule has 0 fully saturated rings. The van der Waals surface area contributed by atoms with Gasteiger partial charge < -0.3 is 13.7 Å². The summed E-state index contributed by atoms with van der Waals surface area (Å²) in [7, 11) is 0. The largest absolute Gasteiger partial charge is 0.308 e. The van der Waals surface area contributed by atoms with E-state index in [4.69, 9.17) is 15.0 Å². The number of fused-ring (bicyclic) bond motifs is 45. The molecular weight excluding hydrogens is 1720 g/mol. The van der Waals surface area contributed by atoms with E-state index in [1.807, 2.05) is 97.9 Å². The second kappa shape index (κ2) is 28.2. The number of benzene rings is 18. The van der Waals surface area contributed by atoms with Gasteiger partial charge >= 0.3 is 0 Å². The molecule has 0 N–H and O–H groups in total. The predicted molar refractivity (Wildman–Crippen MR) is 563 cm³/mol. The van der Waals surface area contributed by atoms with E-state index >= 15 is 0 Å². The standard InChI is InChI=1S/C40H21N3S2.C40H23N3S2.C34H17N3S3/c1-2-11-25-23(9-1)24-10-3-4-12-26(24)30-19-22(17-18-27(25)30)43-31-15-7-5-13-28(31)34-38(43)36-37-33(20-41-21-42-37)45-40(36)35-29-14-6-8-16-32(29)44-39(34)35;1-3-11-24(12-4-1)26-19-27(25-13-5-2-6-14-25)21-28(20-26)43-31-17-9-7-15-29(31)34-38(43)36-37-33(22-41-23-42-37)45-40(36)35-30-16-8-10-18-32(30)44-39(34)35;1-4-12-22-20(9-1)27-31(37(22)23-13-7-11-19-18-8-2-5-14-24(18)38-32(19)23)29-30-26(16-35-17-36-30)40-34(29)28-21-10-3-6-15-25(21)39-33(27)28/h1-21H;1-23H;1-17H. The molecule has 31 rings (SSSR count). The summed E-state index contributed by atoms with van der Waals surface area (Å²) in [5.41, 5.74) is 18.6. The Balaban J connectivity index is 0.0000000962. The maximum Gasteiger partial charge on any atom is 0.116 e. The lowest BCUT2D eigenvalue weighted by molar-refractivity contribution is 1.19. The zero-order chi connectivity index (χ0) is 84.7. The molecule has 0 bridgehead atoms. The van der Waals surface area contributed by atoms with Crippen LogP contribution in [0.25, 0.3) is 279 Å². The first-order valence-electron chi connectivity index (χ1n) is 43.2. The first-order chi connectivity index (χ1) is 64.5. The van der Waals surface area contributed by atoms with Crippen molar-refractivity contribution in [2.75, 3.05) is 0 Å². The normalized spacial score (nSPS) is 12.3. The van der Waals surface area contributed by atoms with E-state index in [0.717, 1.165) is 42.0 Å². The summed E-state index contributed by atoms with van der Waals surface area (Å²) in [5, 5.41) is 29.6. The number of hydrogen-bond donors (Lipinski definition) is 0. The van der Waals surface area contributed by atoms with E-state index in [1.54, 1.807) is 19.0 Å². The molecular formula is C114H61N9S7. The molecule has 0 spiro atoms. The maximum atomic E-state index is 4.92. The van der Waals surface area contributed by atoms with Crippen LogP contribution in [-0.4, -0.2) is 43.6 Å². The molecule has 604 valence electrons. The van der Waals surface area contributed by atoms with Crippen molar-refractivity contribution < 1.29 is 0 Å². The molecule has 0 aliphatic heterocycles. The van der Waals surface area contributed by atoms with Crippen molar-refractivity contribution in [3.8, 4) is 39.3 Å². The molecule has 0 saturated heterocycles. The molecule has 0 aliphatic rings. The fraction of sp³-hybridized carbons (Fsp3) is 0. The predicted octanol–water partition coefficient (Wildman–Crippen LogP) is 34.1. The van der Waals surface area contributed by atoms with Crippen molar-refractivity contribution in [3.63, 3.8) is 0 Å². The summed E-state index contributed by atoms with van der Waals surface area (Å²) in [6.07, 6.45) is 11.0. The monoisotopic (exact) mass is 1780 g/mol. The van der Waals surface area contributed by atoms with Gasteiger partial charge in [-0.05, 0) is 133 Å². The highest BCUT2D eigenvalue weighted by molar-refractivity contribution is 7.32. The van der Waals surface area contributed by atoms with Gasteiger partial charge in [-0.3, -0.25) is 0 Å². The molecule has 0 saturated carbocycles. The summed E-state index contributed by atoms with van der Waals surface area (Å²) in [4.78, 5) is 28.0. The van der Waals surface area contributed by atoms with Crippen LogP contribution < -0.4 is 0 Å². The van der Waals surface area contributed by atoms with Crippen LogP contribution in [0.5, 0.6) is 0 Å². The Hall–Kier alpha value is -15.1. The van der Waals surface area contributed by atoms with Crippen LogP contribution in [0.15, 0.2) is 371 Å². The van der Waals surface area contributed by atoms with Gasteiger partial charge in [0.1, 0.15) is 19.0 Å². The Kier molecular flexibility index (Phi) is 15.8. The molecule has 0 unspecified atom stereocenters. The molecule has 16 heteroatoms. The highest BCUT2D eigenvalue weighted by Gasteiger charge is 2.31. The first-order valence-corrected chi connectivity index (χ1v) is 48.9. The van der Waals surface area contributed by atoms with Crippen LogP contribution in [0.1, 0.15) is 0 Å². The van der Waals surface area contributed by atoms with E-state index in [-0.39, 0.29) is 0 Å². The Morgan fingerprint density at radius 3 is 0.938 bits per heavy atom. The quantitative estimate of drug-likeness (QED) is 0.159. The fourth-order valence-corrected chi connectivity index (χ4v) is 30.0. The SMILES string of the molecule is c1ccc(-c2cc(-c3ccccc3)cc(-n3c4ccccc4c4c5sc6ccccc6c5c5sc6cncnc6c5c43)c2)cc1.c1ccc2c(c1)sc1c(-n3c4ccccc4c4c5sc6ccccc6c5c5sc6cncnc6c5c43)cccc12.c1ccc2c(c1)sc1c2c2sc3cncnc3c2c2c1c1ccccc1n2-c1ccc2c3ccccc3c3ccccc3c2c1. The van der Waals surface area contributed by atoms with Crippen LogP contribution in [-0.2, 0) is 0 Å². The third-order valence-corrected chi connectivity index (χ3v) is 34.7. The smallest absolute Gasteiger partial charge is 0.116 e. The topological polar surface area (TPSA) is 92.1 Å². The molecule has 9 nitrogen and oxygen atoms in total. The zero-order valence-electron chi connectivity index (χ0n) is 68.6. The molecule has 13 heterocycles. The van der Waals surface area contributed by atoms with E-state index in [1.165, 1.54) is 237 Å². The minimum absolute atomic E-state index is 1.01. The van der Waals surface area contributed by atoms with E-state index < -0.39 is 0 Å². The lowest BCUT2D eigenvalue weighted by atomic mass is 9.94. The van der Waals surface area contributed by atoms with Crippen molar-refractivity contribution in [2.45, 2.75) is 0 Å². The van der Waals surface area contributed by atoms with E-state index in [0.29, 0.717) is 0 Å². The Morgan fingerprint density at radius 1 is 0.185 bits per heavy atom. The second-order valence-electron chi connectivity index (χ2n) is 33.3. The van der Waals surface area contributed by atoms with Gasteiger partial charge in [0, 0.05) is 169 Å². The van der Waals surface area contributed by atoms with Gasteiger partial charge in [-0.1, -0.05) is 255 Å². The van der Waals surface area contributed by atoms with Crippen LogP contribution in [0.2, 0.25) is 0 Å². The number of rotatable bonds is 5. The third kappa shape index (κ3) is 10.4. The zero-order valence-corrected chi connectivity index (χ0v) is 74.3. The molecule has 0 radical (unpaired) electrons. The van der Waals surface area contributed by atoms with E-state index in [9.17, 15) is 0 Å². The van der Waals surface area contributed by atoms with Gasteiger partial charge in [0.25, 0.3) is 0 Å². The third-order valence-electron chi connectivity index (χ3n) is 26.5. The molecule has 31 aromatic rings. The first kappa shape index (κ1) is 73.0. The van der Waals surface area contributed by atoms with Crippen LogP contribution in [0.3, 0.4) is 0 Å². The van der Waals surface area contributed by atoms with Crippen molar-refractivity contribution in [2.24, 2.45) is 0 Å². The lowest BCUT2D eigenvalue weighted by Gasteiger charge is -2.14. The molecule has 0 amide bonds. The summed E-state index contributed by atoms with van der Waals surface area (Å²) in [6, 6.07) is 122. The minimum atomic E-state index is 1.01. The summed E-state index contributed by atoms with van der Waals surface area (Å²) >= 11 is 13.0. The molecule has 18 aromatic carbocycles. The summed E-state index contributed by atoms with van der Waals surface area (Å²) < 4.78 is 25.3. The fourth-order valence-electron chi connectivity index (χ4n) is 21.3. The van der Waals surface area contributed by atoms with Gasteiger partial charge in [-0.2, -0.15) is 0 Å². The van der Waals surface area contributed by atoms with Gasteiger partial charge in [0.15, 0.2) is 0 Å². The van der Waals surface area contributed by atoms with Gasteiger partial charge in [0.05, 0.1) is 74.1 Å². The minimum Gasteiger partial charge on any atom is -0.308 e. The van der Waals surface area contributed by atoms with Crippen molar-refractivity contribution >= 4 is 319 Å². The number of hydrogen-bond acceptors (Lipinski definition) is 13. The van der Waals surface area contributed by atoms with Crippen molar-refractivity contribution in [1.29, 1.82) is 0 Å². The number of thiophene rings is 7. The van der Waals surface area contributed by atoms with Gasteiger partial charge in [-0.15, -0.1) is 79.4 Å². The molecule has 0 atom stereocenters. The van der Waals surface area contributed by atoms with Crippen LogP contribution in [0.4, 0.5) is 0 Å². The van der Waals surface area contributed by atoms with Crippen LogP contribution >= 0.6 is 79.4 Å². The Morgan fingerprint density at radius 2 is 0.500 bits per heavy atom. The summed E-state index contributed by atoms with van der Waals surface area (Å²) in [6.45, 7) is 0. The summed E-state index contributed by atoms with van der Waals surface area (Å²) in [5.74, 6) is 0. The number of para-hydroxylation sites is 3. The highest BCUT2D eigenvalue weighted by atomic mass is 32.1. The molecule has 130 heavy (non-hydrogen) atoms. The second-order valence-corrected chi connectivity index (χ2v) is 40.7. The average Bonchev–Trinajstić information content (AvgIpc) is 1.53. The number of nitrogens with zero attached hydrogens (tertiary/aromatic N) is 9. The Bertz CT molecular complexity index is 10100. The van der Waals surface area contributed by atoms with Gasteiger partial charge in [-0.25, -0.2) is 29.9 Å². The van der Waals surface area contributed by atoms with E-state index in [2.05, 4.69) is 362 Å².